The average Bonchev–Trinajstić information content (AvgIpc) is 3.32. The molecule has 0 radical (unpaired) electrons. The van der Waals surface area contributed by atoms with E-state index in [1.807, 2.05) is 12.1 Å². The van der Waals surface area contributed by atoms with Gasteiger partial charge in [-0.1, -0.05) is 44.1 Å². The largest absolute Gasteiger partial charge is 0.353 e. The topological polar surface area (TPSA) is 81.8 Å². The zero-order valence-electron chi connectivity index (χ0n) is 19.0. The van der Waals surface area contributed by atoms with Crippen molar-refractivity contribution in [1.29, 1.82) is 0 Å². The van der Waals surface area contributed by atoms with Gasteiger partial charge in [-0.15, -0.1) is 0 Å². The van der Waals surface area contributed by atoms with Crippen LogP contribution in [-0.2, 0) is 4.79 Å². The van der Waals surface area contributed by atoms with Gasteiger partial charge in [-0.25, -0.2) is 9.67 Å². The van der Waals surface area contributed by atoms with Crippen molar-refractivity contribution in [3.05, 3.63) is 45.8 Å². The number of nitrogens with zero attached hydrogens (tertiary/aromatic N) is 4. The Morgan fingerprint density at radius 2 is 2.03 bits per heavy atom. The monoisotopic (exact) mass is 485 g/mol. The van der Waals surface area contributed by atoms with Crippen molar-refractivity contribution >= 4 is 40.3 Å². The molecule has 0 saturated heterocycles. The van der Waals surface area contributed by atoms with Gasteiger partial charge in [-0.05, 0) is 54.9 Å². The lowest BCUT2D eigenvalue weighted by Gasteiger charge is -2.39. The number of fused-ring (bicyclic) bond motifs is 2. The molecule has 5 rings (SSSR count). The van der Waals surface area contributed by atoms with Crippen molar-refractivity contribution in [3.8, 4) is 5.69 Å². The van der Waals surface area contributed by atoms with E-state index in [0.29, 0.717) is 32.9 Å². The second kappa shape index (κ2) is 8.47. The van der Waals surface area contributed by atoms with Crippen molar-refractivity contribution in [2.45, 2.75) is 63.7 Å². The van der Waals surface area contributed by atoms with Crippen LogP contribution >= 0.6 is 23.4 Å². The Morgan fingerprint density at radius 3 is 2.76 bits per heavy atom. The van der Waals surface area contributed by atoms with Crippen molar-refractivity contribution < 1.29 is 4.79 Å². The lowest BCUT2D eigenvalue weighted by atomic mass is 9.70. The van der Waals surface area contributed by atoms with E-state index in [-0.39, 0.29) is 35.4 Å². The van der Waals surface area contributed by atoms with E-state index in [1.165, 1.54) is 18.2 Å². The summed E-state index contributed by atoms with van der Waals surface area (Å²) in [6.07, 6.45) is 5.02. The first-order valence-electron chi connectivity index (χ1n) is 11.4. The van der Waals surface area contributed by atoms with Crippen LogP contribution in [0.4, 0.5) is 0 Å². The van der Waals surface area contributed by atoms with Crippen LogP contribution in [0.1, 0.15) is 52.5 Å². The van der Waals surface area contributed by atoms with Crippen LogP contribution in [0.5, 0.6) is 0 Å². The van der Waals surface area contributed by atoms with Crippen LogP contribution < -0.4 is 10.9 Å². The summed E-state index contributed by atoms with van der Waals surface area (Å²) in [5.41, 5.74) is 1.40. The molecule has 2 aliphatic rings. The standard InChI is InChI=1S/C24H28ClN5O2S/c1-14-8-16(11-24(2,3)10-14)27-20(31)9-18-13-33-23-28-21-19(22(32)29(18)23)12-26-30(21)17-6-4-15(25)5-7-17/h4-7,12,14,16,18H,8-11,13H2,1-3H3,(H,27,31). The number of carbonyl (C=O) groups excluding carboxylic acids is 1. The molecule has 1 N–H and O–H groups in total. The molecule has 1 aliphatic heterocycles. The molecule has 0 spiro atoms. The quantitative estimate of drug-likeness (QED) is 0.546. The molecule has 3 aromatic rings. The number of aromatic nitrogens is 4. The number of amides is 1. The highest BCUT2D eigenvalue weighted by molar-refractivity contribution is 7.99. The second-order valence-corrected chi connectivity index (χ2v) is 11.6. The Balaban J connectivity index is 1.37. The molecule has 1 aliphatic carbocycles. The third kappa shape index (κ3) is 4.43. The summed E-state index contributed by atoms with van der Waals surface area (Å²) in [6.45, 7) is 6.79. The molecule has 9 heteroatoms. The molecule has 3 heterocycles. The molecule has 1 amide bonds. The van der Waals surface area contributed by atoms with Gasteiger partial charge in [-0.3, -0.25) is 14.2 Å². The summed E-state index contributed by atoms with van der Waals surface area (Å²) in [5, 5.41) is 9.34. The van der Waals surface area contributed by atoms with Gasteiger partial charge in [0.25, 0.3) is 5.56 Å². The molecule has 1 aromatic carbocycles. The number of halogens is 1. The Labute approximate surface area is 201 Å². The number of benzene rings is 1. The van der Waals surface area contributed by atoms with Gasteiger partial charge in [0.05, 0.1) is 17.9 Å². The first-order chi connectivity index (χ1) is 15.7. The van der Waals surface area contributed by atoms with Crippen LogP contribution in [0.15, 0.2) is 40.4 Å². The van der Waals surface area contributed by atoms with E-state index >= 15 is 0 Å². The summed E-state index contributed by atoms with van der Waals surface area (Å²) in [5.74, 6) is 1.26. The number of carbonyl (C=O) groups is 1. The Kier molecular flexibility index (Phi) is 5.77. The molecule has 33 heavy (non-hydrogen) atoms. The summed E-state index contributed by atoms with van der Waals surface area (Å²) < 4.78 is 3.33. The van der Waals surface area contributed by atoms with Gasteiger partial charge in [-0.2, -0.15) is 5.10 Å². The molecular formula is C24H28ClN5O2S. The summed E-state index contributed by atoms with van der Waals surface area (Å²) >= 11 is 7.51. The van der Waals surface area contributed by atoms with Crippen LogP contribution in [0.2, 0.25) is 5.02 Å². The second-order valence-electron chi connectivity index (χ2n) is 10.2. The fourth-order valence-electron chi connectivity index (χ4n) is 5.51. The average molecular weight is 486 g/mol. The molecule has 1 fully saturated rings. The number of thioether (sulfide) groups is 1. The lowest BCUT2D eigenvalue weighted by Crippen LogP contribution is -2.43. The first kappa shape index (κ1) is 22.5. The lowest BCUT2D eigenvalue weighted by molar-refractivity contribution is -0.123. The van der Waals surface area contributed by atoms with Gasteiger partial charge in [0.1, 0.15) is 5.39 Å². The molecule has 0 bridgehead atoms. The van der Waals surface area contributed by atoms with E-state index in [9.17, 15) is 9.59 Å². The normalized spacial score (nSPS) is 24.1. The maximum Gasteiger partial charge on any atom is 0.265 e. The molecule has 1 saturated carbocycles. The SMILES string of the molecule is CC1CC(NC(=O)CC2CSc3nc4c(cnn4-c4ccc(Cl)cc4)c(=O)n32)CC(C)(C)C1. The smallest absolute Gasteiger partial charge is 0.265 e. The van der Waals surface area contributed by atoms with Crippen LogP contribution in [-0.4, -0.2) is 37.0 Å². The minimum absolute atomic E-state index is 0.00667. The zero-order chi connectivity index (χ0) is 23.3. The predicted molar refractivity (Wildman–Crippen MR) is 131 cm³/mol. The van der Waals surface area contributed by atoms with Crippen LogP contribution in [0, 0.1) is 11.3 Å². The predicted octanol–water partition coefficient (Wildman–Crippen LogP) is 4.60. The van der Waals surface area contributed by atoms with Gasteiger partial charge >= 0.3 is 0 Å². The highest BCUT2D eigenvalue weighted by Crippen LogP contribution is 2.39. The van der Waals surface area contributed by atoms with E-state index < -0.39 is 0 Å². The van der Waals surface area contributed by atoms with Gasteiger partial charge in [0.15, 0.2) is 10.8 Å². The van der Waals surface area contributed by atoms with Gasteiger partial charge < -0.3 is 5.32 Å². The Morgan fingerprint density at radius 1 is 1.27 bits per heavy atom. The first-order valence-corrected chi connectivity index (χ1v) is 12.7. The molecule has 2 aromatic heterocycles. The number of hydrogen-bond acceptors (Lipinski definition) is 5. The Hall–Kier alpha value is -2.32. The number of rotatable bonds is 4. The zero-order valence-corrected chi connectivity index (χ0v) is 20.6. The van der Waals surface area contributed by atoms with Crippen molar-refractivity contribution in [2.75, 3.05) is 5.75 Å². The molecule has 7 nitrogen and oxygen atoms in total. The summed E-state index contributed by atoms with van der Waals surface area (Å²) in [6, 6.07) is 7.23. The van der Waals surface area contributed by atoms with Crippen LogP contribution in [0.25, 0.3) is 16.7 Å². The minimum atomic E-state index is -0.206. The van der Waals surface area contributed by atoms with E-state index in [0.717, 1.165) is 18.5 Å². The van der Waals surface area contributed by atoms with Crippen molar-refractivity contribution in [2.24, 2.45) is 11.3 Å². The fourth-order valence-corrected chi connectivity index (χ4v) is 6.77. The molecule has 174 valence electrons. The van der Waals surface area contributed by atoms with Gasteiger partial charge in [0.2, 0.25) is 5.91 Å². The molecular weight excluding hydrogens is 458 g/mol. The summed E-state index contributed by atoms with van der Waals surface area (Å²) in [4.78, 5) is 31.0. The number of hydrogen-bond donors (Lipinski definition) is 1. The fraction of sp³-hybridized carbons (Fsp3) is 0.500. The molecule has 3 atom stereocenters. The maximum absolute atomic E-state index is 13.3. The van der Waals surface area contributed by atoms with E-state index in [1.54, 1.807) is 27.6 Å². The highest BCUT2D eigenvalue weighted by atomic mass is 35.5. The van der Waals surface area contributed by atoms with E-state index in [4.69, 9.17) is 16.6 Å². The summed E-state index contributed by atoms with van der Waals surface area (Å²) in [7, 11) is 0. The van der Waals surface area contributed by atoms with Gasteiger partial charge in [0, 0.05) is 23.2 Å². The minimum Gasteiger partial charge on any atom is -0.353 e. The highest BCUT2D eigenvalue weighted by Gasteiger charge is 2.34. The third-order valence-electron chi connectivity index (χ3n) is 6.61. The van der Waals surface area contributed by atoms with Crippen LogP contribution in [0.3, 0.4) is 0 Å². The van der Waals surface area contributed by atoms with Crippen molar-refractivity contribution in [1.82, 2.24) is 24.6 Å². The van der Waals surface area contributed by atoms with E-state index in [2.05, 4.69) is 31.2 Å². The third-order valence-corrected chi connectivity index (χ3v) is 7.96. The maximum atomic E-state index is 13.3. The Bertz CT molecular complexity index is 1270. The number of nitrogens with one attached hydrogen (secondary N) is 1. The van der Waals surface area contributed by atoms with Crippen molar-refractivity contribution in [3.63, 3.8) is 0 Å². The molecule has 3 unspecified atom stereocenters.